The fourth-order valence-corrected chi connectivity index (χ4v) is 6.38. The van der Waals surface area contributed by atoms with Crippen LogP contribution in [0.25, 0.3) is 0 Å². The van der Waals surface area contributed by atoms with Gasteiger partial charge in [-0.05, 0) is 96.6 Å². The predicted molar refractivity (Wildman–Crippen MR) is 240 cm³/mol. The maximum atomic E-state index is 11.5. The van der Waals surface area contributed by atoms with Gasteiger partial charge in [-0.15, -0.1) is 6.58 Å². The van der Waals surface area contributed by atoms with Crippen LogP contribution in [0.5, 0.6) is 0 Å². The fraction of sp³-hybridized carbons (Fsp3) is 0.673. The van der Waals surface area contributed by atoms with E-state index >= 15 is 0 Å². The fourth-order valence-electron chi connectivity index (χ4n) is 6.38. The molecule has 0 amide bonds. The summed E-state index contributed by atoms with van der Waals surface area (Å²) >= 11 is 0. The number of carbonyl (C=O) groups is 1. The Labute approximate surface area is 331 Å². The Morgan fingerprint density at radius 2 is 1.40 bits per heavy atom. The van der Waals surface area contributed by atoms with E-state index in [1.165, 1.54) is 88.3 Å². The molecule has 1 N–H and O–H groups in total. The van der Waals surface area contributed by atoms with Crippen molar-refractivity contribution in [1.82, 2.24) is 4.90 Å². The molecule has 2 saturated carbocycles. The smallest absolute Gasteiger partial charge is 0.321 e. The Balaban J connectivity index is -0.000000613. The van der Waals surface area contributed by atoms with E-state index in [1.54, 1.807) is 0 Å². The summed E-state index contributed by atoms with van der Waals surface area (Å²) in [7, 11) is 0. The largest absolute Gasteiger partial charge is 0.480 e. The van der Waals surface area contributed by atoms with Crippen LogP contribution in [0.15, 0.2) is 90.1 Å². The van der Waals surface area contributed by atoms with Crippen molar-refractivity contribution < 1.29 is 9.90 Å². The first kappa shape index (κ1) is 54.6. The molecule has 4 heteroatoms. The first-order valence-electron chi connectivity index (χ1n) is 21.7. The molecule has 1 saturated heterocycles. The number of likely N-dealkylation sites (tertiary alicyclic amines) is 1. The molecule has 1 aliphatic heterocycles. The summed E-state index contributed by atoms with van der Waals surface area (Å²) in [6.07, 6.45) is 32.3. The highest BCUT2D eigenvalue weighted by atomic mass is 16.4. The van der Waals surface area contributed by atoms with Gasteiger partial charge in [0, 0.05) is 18.5 Å². The molecule has 0 bridgehead atoms. The summed E-state index contributed by atoms with van der Waals surface area (Å²) < 4.78 is 0. The third-order valence-electron chi connectivity index (χ3n) is 9.44. The average molecular weight is 737 g/mol. The lowest BCUT2D eigenvalue weighted by Crippen LogP contribution is -2.45. The van der Waals surface area contributed by atoms with E-state index in [1.807, 2.05) is 95.4 Å². The Bertz CT molecular complexity index is 999. The minimum Gasteiger partial charge on any atom is -0.480 e. The number of nitrogens with zero attached hydrogens (tertiary/aromatic N) is 2. The normalized spacial score (nSPS) is 17.9. The second-order valence-electron chi connectivity index (χ2n) is 14.3. The topological polar surface area (TPSA) is 52.9 Å². The van der Waals surface area contributed by atoms with Crippen molar-refractivity contribution >= 4 is 11.7 Å². The van der Waals surface area contributed by atoms with E-state index in [0.717, 1.165) is 50.6 Å². The summed E-state index contributed by atoms with van der Waals surface area (Å²) in [6, 6.07) is 11.8. The predicted octanol–water partition coefficient (Wildman–Crippen LogP) is 15.3. The summed E-state index contributed by atoms with van der Waals surface area (Å²) in [6.45, 7) is 28.6. The lowest BCUT2D eigenvalue weighted by Gasteiger charge is -2.33. The summed E-state index contributed by atoms with van der Waals surface area (Å²) in [5, 5.41) is 9.50. The van der Waals surface area contributed by atoms with E-state index in [2.05, 4.69) is 70.2 Å². The quantitative estimate of drug-likeness (QED) is 0.140. The number of allylic oxidation sites excluding steroid dienone is 6. The molecule has 0 aromatic heterocycles. The van der Waals surface area contributed by atoms with Gasteiger partial charge in [0.25, 0.3) is 0 Å². The van der Waals surface area contributed by atoms with Gasteiger partial charge < -0.3 is 5.11 Å². The molecule has 1 aromatic rings. The molecule has 3 fully saturated rings. The lowest BCUT2D eigenvalue weighted by atomic mass is 9.83. The van der Waals surface area contributed by atoms with Crippen molar-refractivity contribution in [2.45, 2.75) is 185 Å². The Morgan fingerprint density at radius 1 is 0.868 bits per heavy atom. The number of rotatable bonds is 11. The van der Waals surface area contributed by atoms with Crippen molar-refractivity contribution in [2.75, 3.05) is 13.1 Å². The first-order valence-corrected chi connectivity index (χ1v) is 21.7. The van der Waals surface area contributed by atoms with Crippen molar-refractivity contribution in [3.8, 4) is 0 Å². The first-order chi connectivity index (χ1) is 25.7. The summed E-state index contributed by atoms with van der Waals surface area (Å²) in [5.74, 6) is 1.57. The highest BCUT2D eigenvalue weighted by Gasteiger charge is 2.37. The van der Waals surface area contributed by atoms with Gasteiger partial charge in [-0.1, -0.05) is 179 Å². The summed E-state index contributed by atoms with van der Waals surface area (Å²) in [4.78, 5) is 18.1. The molecule has 0 radical (unpaired) electrons. The minimum absolute atomic E-state index is 0.202. The minimum atomic E-state index is -0.589. The van der Waals surface area contributed by atoms with E-state index < -0.39 is 5.97 Å². The van der Waals surface area contributed by atoms with Crippen molar-refractivity contribution in [3.05, 3.63) is 85.1 Å². The van der Waals surface area contributed by atoms with Crippen molar-refractivity contribution in [2.24, 2.45) is 22.7 Å². The van der Waals surface area contributed by atoms with E-state index in [-0.39, 0.29) is 6.04 Å². The van der Waals surface area contributed by atoms with Crippen LogP contribution >= 0.6 is 0 Å². The van der Waals surface area contributed by atoms with E-state index in [0.29, 0.717) is 5.92 Å². The SMILES string of the molecule is C=CC/C=C\C.CC.CC.CC1CCCCC1.CCC1CCN(C(C(=O)O)C2CCCCC2)C1.CCCCC(C)=N/C=C\C=C(C)C.c1ccccc1. The van der Waals surface area contributed by atoms with Crippen molar-refractivity contribution in [3.63, 3.8) is 0 Å². The number of benzene rings is 1. The lowest BCUT2D eigenvalue weighted by molar-refractivity contribution is -0.145. The van der Waals surface area contributed by atoms with Crippen LogP contribution in [0.2, 0.25) is 0 Å². The van der Waals surface area contributed by atoms with Gasteiger partial charge in [0.15, 0.2) is 0 Å². The maximum absolute atomic E-state index is 11.5. The van der Waals surface area contributed by atoms with Crippen LogP contribution in [0.1, 0.15) is 179 Å². The van der Waals surface area contributed by atoms with Gasteiger partial charge >= 0.3 is 5.97 Å². The highest BCUT2D eigenvalue weighted by Crippen LogP contribution is 2.32. The Hall–Kier alpha value is -2.72. The van der Waals surface area contributed by atoms with Crippen LogP contribution in [-0.2, 0) is 4.79 Å². The molecule has 1 heterocycles. The van der Waals surface area contributed by atoms with Gasteiger partial charge in [0.2, 0.25) is 0 Å². The Morgan fingerprint density at radius 3 is 1.75 bits per heavy atom. The summed E-state index contributed by atoms with van der Waals surface area (Å²) in [5.41, 5.74) is 2.53. The van der Waals surface area contributed by atoms with E-state index in [9.17, 15) is 9.90 Å². The zero-order chi connectivity index (χ0) is 40.5. The second kappa shape index (κ2) is 42.0. The zero-order valence-corrected chi connectivity index (χ0v) is 36.9. The molecule has 306 valence electrons. The zero-order valence-electron chi connectivity index (χ0n) is 36.9. The molecular weight excluding hydrogens is 649 g/mol. The van der Waals surface area contributed by atoms with Gasteiger partial charge in [0.1, 0.15) is 6.04 Å². The molecule has 4 rings (SSSR count). The monoisotopic (exact) mass is 737 g/mol. The van der Waals surface area contributed by atoms with Crippen LogP contribution in [0.3, 0.4) is 0 Å². The molecule has 3 aliphatic rings. The highest BCUT2D eigenvalue weighted by molar-refractivity contribution is 5.82. The number of unbranched alkanes of at least 4 members (excludes halogenated alkanes) is 1. The number of carboxylic acid groups (broad SMARTS) is 1. The number of hydrogen-bond donors (Lipinski definition) is 1. The number of carboxylic acids is 1. The van der Waals surface area contributed by atoms with Crippen LogP contribution in [0, 0.1) is 17.8 Å². The molecular formula is C49H88N2O2. The second-order valence-corrected chi connectivity index (χ2v) is 14.3. The van der Waals surface area contributed by atoms with Gasteiger partial charge in [-0.25, -0.2) is 0 Å². The van der Waals surface area contributed by atoms with Gasteiger partial charge in [0.05, 0.1) is 0 Å². The Kier molecular flexibility index (Phi) is 43.3. The molecule has 1 aromatic carbocycles. The van der Waals surface area contributed by atoms with Crippen LogP contribution < -0.4 is 0 Å². The standard InChI is InChI=1S/C14H25NO2.C12H21N.C7H14.C6H6.C6H10.2C2H6/c1-2-11-8-9-15(10-11)13(14(16)17)12-6-4-3-5-7-12;1-5-6-9-12(4)13-10-7-8-11(2)3;1-7-5-3-2-4-6-7;1-2-4-6-5-3-1;1-3-5-6-4-2;2*1-2/h11-13H,2-10H2,1H3,(H,16,17);7-8,10H,5-6,9H2,1-4H3;7H,2-6H2,1H3;1-6H;3-4,6H,1,5H2,2H3;2*1-2H3/b;10-7-,13-12?;;;6-4-;;. The maximum Gasteiger partial charge on any atom is 0.321 e. The molecule has 2 aliphatic carbocycles. The number of aliphatic imine (C=N–C) groups is 1. The van der Waals surface area contributed by atoms with Crippen LogP contribution in [-0.4, -0.2) is 40.8 Å². The third kappa shape index (κ3) is 34.8. The molecule has 53 heavy (non-hydrogen) atoms. The molecule has 2 unspecified atom stereocenters. The van der Waals surface area contributed by atoms with Gasteiger partial charge in [-0.2, -0.15) is 0 Å². The molecule has 2 atom stereocenters. The molecule has 4 nitrogen and oxygen atoms in total. The number of hydrogen-bond acceptors (Lipinski definition) is 3. The van der Waals surface area contributed by atoms with Crippen LogP contribution in [0.4, 0.5) is 0 Å². The number of aliphatic carboxylic acids is 1. The third-order valence-corrected chi connectivity index (χ3v) is 9.44. The average Bonchev–Trinajstić information content (AvgIpc) is 3.67. The van der Waals surface area contributed by atoms with E-state index in [4.69, 9.17) is 0 Å². The van der Waals surface area contributed by atoms with Gasteiger partial charge in [-0.3, -0.25) is 14.7 Å². The molecule has 0 spiro atoms. The van der Waals surface area contributed by atoms with Crippen molar-refractivity contribution in [1.29, 1.82) is 0 Å².